The molecule has 0 saturated heterocycles. The van der Waals surface area contributed by atoms with Crippen LogP contribution in [0.3, 0.4) is 0 Å². The number of carbonyl (C=O) groups is 4. The minimum atomic E-state index is -0.848. The van der Waals surface area contributed by atoms with Crippen molar-refractivity contribution in [1.29, 1.82) is 0 Å². The maximum Gasteiger partial charge on any atom is 0.407 e. The van der Waals surface area contributed by atoms with Gasteiger partial charge >= 0.3 is 24.1 Å². The lowest BCUT2D eigenvalue weighted by atomic mass is 9.82. The van der Waals surface area contributed by atoms with Crippen molar-refractivity contribution in [2.45, 2.75) is 59.7 Å². The van der Waals surface area contributed by atoms with E-state index in [1.807, 2.05) is 57.2 Å². The molecule has 49 heavy (non-hydrogen) atoms. The molecule has 2 aromatic carbocycles. The van der Waals surface area contributed by atoms with Crippen molar-refractivity contribution in [2.75, 3.05) is 39.5 Å². The third kappa shape index (κ3) is 17.6. The molecule has 2 aromatic rings. The van der Waals surface area contributed by atoms with E-state index in [1.165, 1.54) is 13.8 Å². The zero-order valence-corrected chi connectivity index (χ0v) is 29.2. The van der Waals surface area contributed by atoms with Crippen LogP contribution >= 0.6 is 0 Å². The van der Waals surface area contributed by atoms with Crippen molar-refractivity contribution in [1.82, 2.24) is 10.6 Å². The minimum Gasteiger partial charge on any atom is -0.490 e. The molecular weight excluding hydrogens is 632 g/mol. The highest BCUT2D eigenvalue weighted by atomic mass is 16.6. The lowest BCUT2D eigenvalue weighted by molar-refractivity contribution is -0.143. The van der Waals surface area contributed by atoms with Crippen molar-refractivity contribution in [2.24, 2.45) is 11.3 Å². The Labute approximate surface area is 289 Å². The van der Waals surface area contributed by atoms with Gasteiger partial charge in [-0.2, -0.15) is 0 Å². The van der Waals surface area contributed by atoms with Crippen LogP contribution in [-0.2, 0) is 28.5 Å². The smallest absolute Gasteiger partial charge is 0.407 e. The first-order valence-electron chi connectivity index (χ1n) is 16.1. The summed E-state index contributed by atoms with van der Waals surface area (Å²) in [5.41, 5.74) is 0.152. The number of nitrogens with one attached hydrogen (secondary N) is 2. The summed E-state index contributed by atoms with van der Waals surface area (Å²) in [6, 6.07) is 18.0. The second-order valence-corrected chi connectivity index (χ2v) is 12.6. The molecule has 0 spiro atoms. The maximum atomic E-state index is 12.7. The molecule has 0 fully saturated rings. The van der Waals surface area contributed by atoms with E-state index >= 15 is 0 Å². The first kappa shape index (κ1) is 40.2. The first-order chi connectivity index (χ1) is 23.2. The highest BCUT2D eigenvalue weighted by Gasteiger charge is 2.25. The molecule has 0 radical (unpaired) electrons. The van der Waals surface area contributed by atoms with E-state index in [1.54, 1.807) is 24.3 Å². The summed E-state index contributed by atoms with van der Waals surface area (Å²) >= 11 is 0. The Bertz CT molecular complexity index is 1360. The van der Waals surface area contributed by atoms with Crippen molar-refractivity contribution in [3.8, 4) is 11.5 Å². The summed E-state index contributed by atoms with van der Waals surface area (Å²) in [5, 5.41) is 5.54. The Balaban J connectivity index is 1.79. The molecule has 2 rings (SSSR count). The number of hydrogen-bond donors (Lipinski definition) is 2. The average Bonchev–Trinajstić information content (AvgIpc) is 3.06. The third-order valence-corrected chi connectivity index (χ3v) is 6.92. The van der Waals surface area contributed by atoms with Crippen molar-refractivity contribution >= 4 is 24.1 Å². The van der Waals surface area contributed by atoms with Crippen molar-refractivity contribution in [3.63, 3.8) is 0 Å². The number of hydrogen-bond acceptors (Lipinski definition) is 10. The van der Waals surface area contributed by atoms with Gasteiger partial charge in [0, 0.05) is 24.2 Å². The van der Waals surface area contributed by atoms with Crippen LogP contribution in [-0.4, -0.2) is 75.9 Å². The molecule has 0 aromatic heterocycles. The number of ether oxygens (including phenoxy) is 6. The highest BCUT2D eigenvalue weighted by molar-refractivity contribution is 5.87. The molecule has 12 nitrogen and oxygen atoms in total. The van der Waals surface area contributed by atoms with Crippen LogP contribution in [0.25, 0.3) is 0 Å². The van der Waals surface area contributed by atoms with Crippen LogP contribution in [0.1, 0.15) is 47.5 Å². The molecule has 0 bridgehead atoms. The largest absolute Gasteiger partial charge is 0.490 e. The number of benzene rings is 2. The monoisotopic (exact) mass is 682 g/mol. The Morgan fingerprint density at radius 3 is 1.55 bits per heavy atom. The van der Waals surface area contributed by atoms with Crippen LogP contribution in [0.5, 0.6) is 11.5 Å². The van der Waals surface area contributed by atoms with Gasteiger partial charge in [0.15, 0.2) is 12.2 Å². The summed E-state index contributed by atoms with van der Waals surface area (Å²) in [5.74, 6) is 0.168. The van der Waals surface area contributed by atoms with E-state index in [0.717, 1.165) is 6.42 Å². The fourth-order valence-corrected chi connectivity index (χ4v) is 4.46. The average molecular weight is 683 g/mol. The summed E-state index contributed by atoms with van der Waals surface area (Å²) in [6.45, 7) is 16.5. The van der Waals surface area contributed by atoms with Crippen LogP contribution in [0.4, 0.5) is 9.59 Å². The number of para-hydroxylation sites is 2. The second kappa shape index (κ2) is 21.1. The van der Waals surface area contributed by atoms with Gasteiger partial charge in [-0.15, -0.1) is 0 Å². The van der Waals surface area contributed by atoms with Gasteiger partial charge in [0.05, 0.1) is 0 Å². The zero-order valence-electron chi connectivity index (χ0n) is 29.2. The topological polar surface area (TPSA) is 148 Å². The van der Waals surface area contributed by atoms with E-state index < -0.39 is 36.3 Å². The van der Waals surface area contributed by atoms with E-state index in [2.05, 4.69) is 23.8 Å². The van der Waals surface area contributed by atoms with Crippen LogP contribution in [0.2, 0.25) is 0 Å². The predicted octanol–water partition coefficient (Wildman–Crippen LogP) is 6.02. The first-order valence-corrected chi connectivity index (χ1v) is 16.1. The second-order valence-electron chi connectivity index (χ2n) is 12.6. The quantitative estimate of drug-likeness (QED) is 0.0911. The molecule has 2 amide bonds. The zero-order chi connectivity index (χ0) is 36.2. The molecule has 3 atom stereocenters. The number of esters is 2. The Morgan fingerprint density at radius 1 is 0.694 bits per heavy atom. The molecule has 0 saturated carbocycles. The molecule has 0 aliphatic heterocycles. The summed E-state index contributed by atoms with van der Waals surface area (Å²) in [7, 11) is 0. The van der Waals surface area contributed by atoms with Gasteiger partial charge in [0.2, 0.25) is 0 Å². The van der Waals surface area contributed by atoms with Gasteiger partial charge in [0.1, 0.15) is 37.9 Å². The fourth-order valence-electron chi connectivity index (χ4n) is 4.46. The molecule has 0 heterocycles. The standard InChI is InChI=1S/C37H50N2O10/c1-26(2)33(40)46-23-31(21-44-29-14-10-8-11-15-29)48-35(42)38-19-18-28(5)20-37(6,7)25-39-36(43)49-32(24-47-34(41)27(3)4)22-45-30-16-12-9-13-17-30/h8-17,28,31-32H,1,3,18-25H2,2,4-7H3,(H,38,42)(H,39,43). The lowest BCUT2D eigenvalue weighted by Gasteiger charge is -2.29. The normalized spacial score (nSPS) is 12.7. The summed E-state index contributed by atoms with van der Waals surface area (Å²) in [4.78, 5) is 49.0. The Kier molecular flexibility index (Phi) is 17.3. The number of alkyl carbamates (subject to hydrolysis) is 2. The lowest BCUT2D eigenvalue weighted by Crippen LogP contribution is -2.40. The van der Waals surface area contributed by atoms with Crippen LogP contribution in [0, 0.1) is 11.3 Å². The van der Waals surface area contributed by atoms with E-state index in [0.29, 0.717) is 31.0 Å². The SMILES string of the molecule is C=C(C)C(=O)OCC(COc1ccccc1)OC(=O)NCCC(C)CC(C)(C)CNC(=O)OC(COC(=O)C(=C)C)COc1ccccc1. The van der Waals surface area contributed by atoms with Gasteiger partial charge in [-0.25, -0.2) is 19.2 Å². The van der Waals surface area contributed by atoms with Gasteiger partial charge < -0.3 is 39.1 Å². The van der Waals surface area contributed by atoms with Crippen LogP contribution < -0.4 is 20.1 Å². The molecule has 0 aliphatic carbocycles. The van der Waals surface area contributed by atoms with E-state index in [9.17, 15) is 19.2 Å². The van der Waals surface area contributed by atoms with Gasteiger partial charge in [-0.1, -0.05) is 70.3 Å². The van der Waals surface area contributed by atoms with Gasteiger partial charge in [0.25, 0.3) is 0 Å². The van der Waals surface area contributed by atoms with Crippen LogP contribution in [0.15, 0.2) is 85.0 Å². The highest BCUT2D eigenvalue weighted by Crippen LogP contribution is 2.26. The number of rotatable bonds is 21. The molecule has 268 valence electrons. The van der Waals surface area contributed by atoms with E-state index in [4.69, 9.17) is 28.4 Å². The Hall–Kier alpha value is -5.00. The van der Waals surface area contributed by atoms with Crippen molar-refractivity contribution in [3.05, 3.63) is 85.0 Å². The summed E-state index contributed by atoms with van der Waals surface area (Å²) in [6.07, 6.45) is -1.65. The van der Waals surface area contributed by atoms with Gasteiger partial charge in [-0.05, 0) is 62.3 Å². The molecule has 0 aliphatic rings. The van der Waals surface area contributed by atoms with E-state index in [-0.39, 0.29) is 48.9 Å². The van der Waals surface area contributed by atoms with Crippen molar-refractivity contribution < 1.29 is 47.6 Å². The molecule has 12 heteroatoms. The third-order valence-electron chi connectivity index (χ3n) is 6.92. The summed E-state index contributed by atoms with van der Waals surface area (Å²) < 4.78 is 32.8. The maximum absolute atomic E-state index is 12.7. The Morgan fingerprint density at radius 2 is 1.12 bits per heavy atom. The van der Waals surface area contributed by atoms with Gasteiger partial charge in [-0.3, -0.25) is 0 Å². The predicted molar refractivity (Wildman–Crippen MR) is 184 cm³/mol. The number of amides is 2. The molecular formula is C37H50N2O10. The minimum absolute atomic E-state index is 0.0125. The number of carbonyl (C=O) groups excluding carboxylic acids is 4. The fraction of sp³-hybridized carbons (Fsp3) is 0.459. The molecule has 3 unspecified atom stereocenters. The molecule has 2 N–H and O–H groups in total.